The zero-order chi connectivity index (χ0) is 15.2. The maximum absolute atomic E-state index is 12.0. The van der Waals surface area contributed by atoms with E-state index in [2.05, 4.69) is 0 Å². The van der Waals surface area contributed by atoms with Gasteiger partial charge in [-0.2, -0.15) is 0 Å². The zero-order valence-electron chi connectivity index (χ0n) is 12.7. The Hall–Kier alpha value is -1.10. The van der Waals surface area contributed by atoms with Crippen molar-refractivity contribution in [3.8, 4) is 0 Å². The van der Waals surface area contributed by atoms with Crippen LogP contribution in [0.1, 0.15) is 54.4 Å². The second-order valence-corrected chi connectivity index (χ2v) is 5.80. The SMILES string of the molecule is CC(C)C[C@](O)(CC(=O)OC(C)C)C(=O)OC(C)C. The molecule has 19 heavy (non-hydrogen) atoms. The highest BCUT2D eigenvalue weighted by Crippen LogP contribution is 2.24. The van der Waals surface area contributed by atoms with Gasteiger partial charge in [0.1, 0.15) is 0 Å². The van der Waals surface area contributed by atoms with Crippen molar-refractivity contribution >= 4 is 11.9 Å². The van der Waals surface area contributed by atoms with Crippen LogP contribution in [-0.4, -0.2) is 34.9 Å². The molecule has 0 aromatic heterocycles. The molecule has 0 heterocycles. The third-order valence-electron chi connectivity index (χ3n) is 2.27. The summed E-state index contributed by atoms with van der Waals surface area (Å²) in [5.41, 5.74) is -1.82. The lowest BCUT2D eigenvalue weighted by molar-refractivity contribution is -0.178. The van der Waals surface area contributed by atoms with Gasteiger partial charge in [-0.25, -0.2) is 4.79 Å². The van der Waals surface area contributed by atoms with E-state index in [1.807, 2.05) is 13.8 Å². The average molecular weight is 274 g/mol. The maximum Gasteiger partial charge on any atom is 0.338 e. The Balaban J connectivity index is 4.86. The molecule has 0 aliphatic rings. The Morgan fingerprint density at radius 1 is 1.00 bits per heavy atom. The lowest BCUT2D eigenvalue weighted by atomic mass is 9.89. The molecule has 0 aliphatic carbocycles. The van der Waals surface area contributed by atoms with E-state index in [1.165, 1.54) is 0 Å². The lowest BCUT2D eigenvalue weighted by Gasteiger charge is -2.28. The maximum atomic E-state index is 12.0. The van der Waals surface area contributed by atoms with Gasteiger partial charge < -0.3 is 14.6 Å². The van der Waals surface area contributed by atoms with Crippen LogP contribution in [0.2, 0.25) is 0 Å². The number of hydrogen-bond acceptors (Lipinski definition) is 5. The molecular formula is C14H26O5. The van der Waals surface area contributed by atoms with Crippen molar-refractivity contribution in [2.24, 2.45) is 5.92 Å². The van der Waals surface area contributed by atoms with Gasteiger partial charge >= 0.3 is 11.9 Å². The number of ether oxygens (including phenoxy) is 2. The van der Waals surface area contributed by atoms with Gasteiger partial charge in [-0.3, -0.25) is 4.79 Å². The van der Waals surface area contributed by atoms with Gasteiger partial charge in [0.25, 0.3) is 0 Å². The first-order chi connectivity index (χ1) is 8.56. The second-order valence-electron chi connectivity index (χ2n) is 5.80. The van der Waals surface area contributed by atoms with E-state index < -0.39 is 17.5 Å². The molecular weight excluding hydrogens is 248 g/mol. The molecule has 0 rings (SSSR count). The summed E-state index contributed by atoms with van der Waals surface area (Å²) in [6.45, 7) is 10.5. The van der Waals surface area contributed by atoms with Crippen molar-refractivity contribution in [1.29, 1.82) is 0 Å². The van der Waals surface area contributed by atoms with Gasteiger partial charge in [0.15, 0.2) is 5.60 Å². The largest absolute Gasteiger partial charge is 0.463 e. The predicted molar refractivity (Wildman–Crippen MR) is 71.5 cm³/mol. The molecule has 0 aromatic carbocycles. The van der Waals surface area contributed by atoms with E-state index in [0.717, 1.165) is 0 Å². The summed E-state index contributed by atoms with van der Waals surface area (Å²) in [5, 5.41) is 10.4. The van der Waals surface area contributed by atoms with Crippen LogP contribution < -0.4 is 0 Å². The number of aliphatic hydroxyl groups is 1. The quantitative estimate of drug-likeness (QED) is 0.719. The Morgan fingerprint density at radius 3 is 1.84 bits per heavy atom. The van der Waals surface area contributed by atoms with E-state index >= 15 is 0 Å². The van der Waals surface area contributed by atoms with Crippen molar-refractivity contribution < 1.29 is 24.2 Å². The fourth-order valence-electron chi connectivity index (χ4n) is 1.77. The van der Waals surface area contributed by atoms with Crippen molar-refractivity contribution in [1.82, 2.24) is 0 Å². The first-order valence-corrected chi connectivity index (χ1v) is 6.69. The molecule has 5 heteroatoms. The van der Waals surface area contributed by atoms with Crippen molar-refractivity contribution in [2.45, 2.75) is 72.2 Å². The molecule has 112 valence electrons. The molecule has 0 aliphatic heterocycles. The van der Waals surface area contributed by atoms with E-state index in [9.17, 15) is 14.7 Å². The molecule has 0 amide bonds. The summed E-state index contributed by atoms with van der Waals surface area (Å²) in [6.07, 6.45) is -0.843. The Bertz CT molecular complexity index is 309. The molecule has 0 saturated carbocycles. The summed E-state index contributed by atoms with van der Waals surface area (Å²) in [6, 6.07) is 0. The molecule has 0 unspecified atom stereocenters. The minimum absolute atomic E-state index is 0.0524. The van der Waals surface area contributed by atoms with E-state index in [4.69, 9.17) is 9.47 Å². The van der Waals surface area contributed by atoms with Gasteiger partial charge in [0, 0.05) is 0 Å². The topological polar surface area (TPSA) is 72.8 Å². The molecule has 1 N–H and O–H groups in total. The third kappa shape index (κ3) is 7.15. The van der Waals surface area contributed by atoms with Crippen LogP contribution >= 0.6 is 0 Å². The third-order valence-corrected chi connectivity index (χ3v) is 2.27. The zero-order valence-corrected chi connectivity index (χ0v) is 12.7. The van der Waals surface area contributed by atoms with Crippen LogP contribution in [-0.2, 0) is 19.1 Å². The van der Waals surface area contributed by atoms with Gasteiger partial charge in [-0.05, 0) is 40.0 Å². The smallest absolute Gasteiger partial charge is 0.338 e. The van der Waals surface area contributed by atoms with Crippen LogP contribution in [0.25, 0.3) is 0 Å². The van der Waals surface area contributed by atoms with Crippen molar-refractivity contribution in [3.05, 3.63) is 0 Å². The van der Waals surface area contributed by atoms with Crippen LogP contribution in [0, 0.1) is 5.92 Å². The first-order valence-electron chi connectivity index (χ1n) is 6.69. The number of carbonyl (C=O) groups excluding carboxylic acids is 2. The fourth-order valence-corrected chi connectivity index (χ4v) is 1.77. The van der Waals surface area contributed by atoms with Gasteiger partial charge in [0.05, 0.1) is 18.6 Å². The van der Waals surface area contributed by atoms with E-state index in [0.29, 0.717) is 0 Å². The Kier molecular flexibility index (Phi) is 7.05. The molecule has 5 nitrogen and oxygen atoms in total. The van der Waals surface area contributed by atoms with Gasteiger partial charge in [-0.15, -0.1) is 0 Å². The molecule has 0 fully saturated rings. The minimum atomic E-state index is -1.82. The number of carbonyl (C=O) groups is 2. The highest BCUT2D eigenvalue weighted by atomic mass is 16.6. The number of esters is 2. The standard InChI is InChI=1S/C14H26O5/c1-9(2)7-14(17,13(16)19-11(5)6)8-12(15)18-10(3)4/h9-11,17H,7-8H2,1-6H3/t14-/m0/s1. The molecule has 0 spiro atoms. The number of rotatable bonds is 7. The van der Waals surface area contributed by atoms with Crippen molar-refractivity contribution in [3.63, 3.8) is 0 Å². The second kappa shape index (κ2) is 7.48. The van der Waals surface area contributed by atoms with Crippen molar-refractivity contribution in [2.75, 3.05) is 0 Å². The highest BCUT2D eigenvalue weighted by Gasteiger charge is 2.41. The molecule has 0 radical (unpaired) electrons. The Morgan fingerprint density at radius 2 is 1.47 bits per heavy atom. The molecule has 0 aromatic rings. The normalized spacial score (nSPS) is 14.6. The Labute approximate surface area is 115 Å². The van der Waals surface area contributed by atoms with Gasteiger partial charge in [-0.1, -0.05) is 13.8 Å². The monoisotopic (exact) mass is 274 g/mol. The summed E-state index contributed by atoms with van der Waals surface area (Å²) >= 11 is 0. The van der Waals surface area contributed by atoms with Gasteiger partial charge in [0.2, 0.25) is 0 Å². The highest BCUT2D eigenvalue weighted by molar-refractivity contribution is 5.85. The molecule has 0 bridgehead atoms. The lowest BCUT2D eigenvalue weighted by Crippen LogP contribution is -2.44. The fraction of sp³-hybridized carbons (Fsp3) is 0.857. The molecule has 0 saturated heterocycles. The summed E-state index contributed by atoms with van der Waals surface area (Å²) < 4.78 is 10.0. The summed E-state index contributed by atoms with van der Waals surface area (Å²) in [7, 11) is 0. The minimum Gasteiger partial charge on any atom is -0.463 e. The van der Waals surface area contributed by atoms with Crippen LogP contribution in [0.5, 0.6) is 0 Å². The average Bonchev–Trinajstić information content (AvgIpc) is 2.12. The summed E-state index contributed by atoms with van der Waals surface area (Å²) in [4.78, 5) is 23.6. The number of hydrogen-bond donors (Lipinski definition) is 1. The van der Waals surface area contributed by atoms with Crippen LogP contribution in [0.15, 0.2) is 0 Å². The molecule has 1 atom stereocenters. The van der Waals surface area contributed by atoms with E-state index in [-0.39, 0.29) is 31.0 Å². The predicted octanol–water partition coefficient (Wildman–Crippen LogP) is 2.06. The first kappa shape index (κ1) is 17.9. The van der Waals surface area contributed by atoms with Crippen LogP contribution in [0.4, 0.5) is 0 Å². The van der Waals surface area contributed by atoms with E-state index in [1.54, 1.807) is 27.7 Å². The summed E-state index contributed by atoms with van der Waals surface area (Å²) in [5.74, 6) is -1.31. The van der Waals surface area contributed by atoms with Crippen LogP contribution in [0.3, 0.4) is 0 Å².